The molecule has 0 saturated heterocycles. The second-order valence-corrected chi connectivity index (χ2v) is 7.20. The zero-order valence-electron chi connectivity index (χ0n) is 16.6. The van der Waals surface area contributed by atoms with Crippen molar-refractivity contribution in [1.29, 1.82) is 0 Å². The molecule has 5 aromatic rings. The molecule has 0 radical (unpaired) electrons. The van der Waals surface area contributed by atoms with Crippen LogP contribution in [-0.4, -0.2) is 25.8 Å². The fraction of sp³-hybridized carbons (Fsp3) is 0.0833. The fourth-order valence-corrected chi connectivity index (χ4v) is 3.43. The minimum absolute atomic E-state index is 0.145. The van der Waals surface area contributed by atoms with Gasteiger partial charge in [-0.15, -0.1) is 0 Å². The molecule has 0 unspecified atom stereocenters. The number of carbonyl (C=O) groups excluding carboxylic acids is 1. The largest absolute Gasteiger partial charge is 0.355 e. The summed E-state index contributed by atoms with van der Waals surface area (Å²) in [6.07, 6.45) is 3.20. The Morgan fingerprint density at radius 1 is 0.968 bits per heavy atom. The maximum absolute atomic E-state index is 12.7. The van der Waals surface area contributed by atoms with Crippen LogP contribution in [0.5, 0.6) is 0 Å². The third-order valence-electron chi connectivity index (χ3n) is 5.06. The molecular formula is C24H19N5O2. The first-order valence-corrected chi connectivity index (χ1v) is 9.89. The zero-order valence-corrected chi connectivity index (χ0v) is 16.6. The summed E-state index contributed by atoms with van der Waals surface area (Å²) < 4.78 is 7.29. The molecule has 31 heavy (non-hydrogen) atoms. The van der Waals surface area contributed by atoms with Gasteiger partial charge in [-0.2, -0.15) is 5.10 Å². The summed E-state index contributed by atoms with van der Waals surface area (Å²) in [6.45, 7) is 1.10. The molecule has 5 rings (SSSR count). The predicted molar refractivity (Wildman–Crippen MR) is 116 cm³/mol. The molecule has 1 amide bonds. The number of amides is 1. The number of carbonyl (C=O) groups is 1. The molecule has 1 N–H and O–H groups in total. The highest BCUT2D eigenvalue weighted by Crippen LogP contribution is 2.29. The molecule has 0 atom stereocenters. The topological polar surface area (TPSA) is 85.8 Å². The van der Waals surface area contributed by atoms with Crippen LogP contribution < -0.4 is 5.32 Å². The summed E-state index contributed by atoms with van der Waals surface area (Å²) in [7, 11) is 0. The van der Waals surface area contributed by atoms with Gasteiger partial charge in [0.1, 0.15) is 18.2 Å². The second kappa shape index (κ2) is 8.23. The van der Waals surface area contributed by atoms with Gasteiger partial charge in [-0.05, 0) is 29.3 Å². The Bertz CT molecular complexity index is 1310. The number of fused-ring (bicyclic) bond motifs is 1. The Kier molecular flexibility index (Phi) is 4.98. The van der Waals surface area contributed by atoms with Crippen molar-refractivity contribution < 1.29 is 9.32 Å². The van der Waals surface area contributed by atoms with Gasteiger partial charge in [0.15, 0.2) is 5.76 Å². The van der Waals surface area contributed by atoms with Crippen molar-refractivity contribution in [3.63, 3.8) is 0 Å². The van der Waals surface area contributed by atoms with Crippen molar-refractivity contribution in [1.82, 2.24) is 25.2 Å². The van der Waals surface area contributed by atoms with Crippen LogP contribution in [0.3, 0.4) is 0 Å². The molecule has 0 saturated carbocycles. The van der Waals surface area contributed by atoms with Crippen LogP contribution in [-0.2, 0) is 13.1 Å². The van der Waals surface area contributed by atoms with Gasteiger partial charge in [0, 0.05) is 17.7 Å². The summed E-state index contributed by atoms with van der Waals surface area (Å²) in [6, 6.07) is 23.2. The molecule has 152 valence electrons. The number of nitrogens with zero attached hydrogens (tertiary/aromatic N) is 4. The molecule has 0 fully saturated rings. The average molecular weight is 409 g/mol. The molecule has 0 aliphatic rings. The van der Waals surface area contributed by atoms with E-state index in [1.807, 2.05) is 60.7 Å². The minimum Gasteiger partial charge on any atom is -0.355 e. The highest BCUT2D eigenvalue weighted by atomic mass is 16.5. The lowest BCUT2D eigenvalue weighted by molar-refractivity contribution is 0.0951. The molecule has 2 heterocycles. The molecule has 0 aliphatic heterocycles. The van der Waals surface area contributed by atoms with Gasteiger partial charge in [0.05, 0.1) is 11.9 Å². The molecule has 7 heteroatoms. The van der Waals surface area contributed by atoms with Crippen molar-refractivity contribution in [2.45, 2.75) is 13.1 Å². The Morgan fingerprint density at radius 2 is 1.77 bits per heavy atom. The van der Waals surface area contributed by atoms with E-state index >= 15 is 0 Å². The van der Waals surface area contributed by atoms with Crippen LogP contribution in [0.25, 0.3) is 22.2 Å². The summed E-state index contributed by atoms with van der Waals surface area (Å²) in [5, 5.41) is 12.0. The van der Waals surface area contributed by atoms with E-state index in [-0.39, 0.29) is 5.91 Å². The van der Waals surface area contributed by atoms with Crippen molar-refractivity contribution in [3.05, 3.63) is 102 Å². The smallest absolute Gasteiger partial charge is 0.251 e. The number of benzene rings is 3. The summed E-state index contributed by atoms with van der Waals surface area (Å²) in [4.78, 5) is 16.7. The van der Waals surface area contributed by atoms with Gasteiger partial charge in [0.25, 0.3) is 5.91 Å². The maximum Gasteiger partial charge on any atom is 0.251 e. The first-order valence-electron chi connectivity index (χ1n) is 9.89. The summed E-state index contributed by atoms with van der Waals surface area (Å²) >= 11 is 0. The predicted octanol–water partition coefficient (Wildman–Crippen LogP) is 4.06. The standard InChI is InChI=1S/C24H19N5O2/c30-24(26-13-17-6-8-18(9-7-17)14-29-16-25-15-27-29)20-10-11-22-21(12-20)23(31-28-22)19-4-2-1-3-5-19/h1-12,15-16H,13-14H2,(H,26,30). The number of nitrogens with one attached hydrogen (secondary N) is 1. The van der Waals surface area contributed by atoms with Crippen LogP contribution in [0.2, 0.25) is 0 Å². The van der Waals surface area contributed by atoms with Gasteiger partial charge in [-0.25, -0.2) is 9.67 Å². The Hall–Kier alpha value is -4.26. The first kappa shape index (κ1) is 18.7. The Balaban J connectivity index is 1.28. The number of hydrogen-bond donors (Lipinski definition) is 1. The van der Waals surface area contributed by atoms with E-state index in [4.69, 9.17) is 4.52 Å². The average Bonchev–Trinajstić information content (AvgIpc) is 3.48. The summed E-state index contributed by atoms with van der Waals surface area (Å²) in [5.41, 5.74) is 4.35. The van der Waals surface area contributed by atoms with Gasteiger partial charge >= 0.3 is 0 Å². The number of hydrogen-bond acceptors (Lipinski definition) is 5. The van der Waals surface area contributed by atoms with E-state index in [0.717, 1.165) is 27.6 Å². The van der Waals surface area contributed by atoms with E-state index in [9.17, 15) is 4.79 Å². The van der Waals surface area contributed by atoms with Gasteiger partial charge in [-0.1, -0.05) is 59.8 Å². The lowest BCUT2D eigenvalue weighted by Gasteiger charge is -2.07. The lowest BCUT2D eigenvalue weighted by Crippen LogP contribution is -2.22. The molecule has 3 aromatic carbocycles. The van der Waals surface area contributed by atoms with Crippen molar-refractivity contribution >= 4 is 16.8 Å². The monoisotopic (exact) mass is 409 g/mol. The van der Waals surface area contributed by atoms with Crippen molar-refractivity contribution in [3.8, 4) is 11.3 Å². The zero-order chi connectivity index (χ0) is 21.0. The number of aromatic nitrogens is 4. The minimum atomic E-state index is -0.145. The second-order valence-electron chi connectivity index (χ2n) is 7.20. The van der Waals surface area contributed by atoms with E-state index in [1.54, 1.807) is 23.1 Å². The van der Waals surface area contributed by atoms with Crippen LogP contribution in [0.15, 0.2) is 90.0 Å². The maximum atomic E-state index is 12.7. The lowest BCUT2D eigenvalue weighted by atomic mass is 10.1. The van der Waals surface area contributed by atoms with Gasteiger partial charge in [0.2, 0.25) is 0 Å². The molecule has 0 bridgehead atoms. The third-order valence-corrected chi connectivity index (χ3v) is 5.06. The van der Waals surface area contributed by atoms with Crippen molar-refractivity contribution in [2.24, 2.45) is 0 Å². The highest BCUT2D eigenvalue weighted by Gasteiger charge is 2.14. The van der Waals surface area contributed by atoms with E-state index in [1.165, 1.54) is 6.33 Å². The van der Waals surface area contributed by atoms with Gasteiger partial charge in [-0.3, -0.25) is 4.79 Å². The molecule has 7 nitrogen and oxygen atoms in total. The van der Waals surface area contributed by atoms with Crippen molar-refractivity contribution in [2.75, 3.05) is 0 Å². The van der Waals surface area contributed by atoms with Crippen LogP contribution in [0, 0.1) is 0 Å². The Morgan fingerprint density at radius 3 is 2.55 bits per heavy atom. The molecule has 0 aliphatic carbocycles. The number of rotatable bonds is 6. The SMILES string of the molecule is O=C(NCc1ccc(Cn2cncn2)cc1)c1ccc2noc(-c3ccccc3)c2c1. The molecule has 2 aromatic heterocycles. The highest BCUT2D eigenvalue weighted by molar-refractivity contribution is 6.00. The summed E-state index contributed by atoms with van der Waals surface area (Å²) in [5.74, 6) is 0.516. The van der Waals surface area contributed by atoms with Gasteiger partial charge < -0.3 is 9.84 Å². The van der Waals surface area contributed by atoms with E-state index in [0.29, 0.717) is 24.4 Å². The van der Waals surface area contributed by atoms with E-state index in [2.05, 4.69) is 20.6 Å². The molecular weight excluding hydrogens is 390 g/mol. The third kappa shape index (κ3) is 4.06. The normalized spacial score (nSPS) is 11.0. The van der Waals surface area contributed by atoms with Crippen LogP contribution >= 0.6 is 0 Å². The molecule has 0 spiro atoms. The first-order chi connectivity index (χ1) is 15.3. The van der Waals surface area contributed by atoms with E-state index < -0.39 is 0 Å². The fourth-order valence-electron chi connectivity index (χ4n) is 3.43. The Labute approximate surface area is 178 Å². The van der Waals surface area contributed by atoms with Crippen LogP contribution in [0.1, 0.15) is 21.5 Å². The quantitative estimate of drug-likeness (QED) is 0.457. The van der Waals surface area contributed by atoms with Crippen LogP contribution in [0.4, 0.5) is 0 Å².